The zero-order valence-electron chi connectivity index (χ0n) is 14.1. The van der Waals surface area contributed by atoms with Gasteiger partial charge in [-0.05, 0) is 36.4 Å². The van der Waals surface area contributed by atoms with E-state index >= 15 is 0 Å². The van der Waals surface area contributed by atoms with Crippen LogP contribution in [0.25, 0.3) is 0 Å². The second-order valence-electron chi connectivity index (χ2n) is 5.54. The van der Waals surface area contributed by atoms with E-state index in [1.807, 2.05) is 0 Å². The molecule has 2 amide bonds. The molecule has 7 nitrogen and oxygen atoms in total. The van der Waals surface area contributed by atoms with E-state index in [0.717, 1.165) is 0 Å². The number of hydrogen-bond donors (Lipinski definition) is 2. The van der Waals surface area contributed by atoms with Crippen LogP contribution in [-0.2, 0) is 4.79 Å². The quantitative estimate of drug-likeness (QED) is 0.685. The third kappa shape index (κ3) is 5.18. The topological polar surface area (TPSA) is 85.9 Å². The van der Waals surface area contributed by atoms with Crippen LogP contribution < -0.4 is 24.8 Å². The normalized spacial score (nSPS) is 11.8. The van der Waals surface area contributed by atoms with Gasteiger partial charge in [-0.2, -0.15) is 0 Å². The maximum absolute atomic E-state index is 12.1. The Morgan fingerprint density at radius 1 is 1.00 bits per heavy atom. The number of halogens is 2. The van der Waals surface area contributed by atoms with Crippen LogP contribution in [0.15, 0.2) is 36.4 Å². The summed E-state index contributed by atoms with van der Waals surface area (Å²) in [5.74, 6) is 0.908. The lowest BCUT2D eigenvalue weighted by atomic mass is 10.2. The van der Waals surface area contributed by atoms with Crippen LogP contribution in [0.2, 0.25) is 10.0 Å². The first kappa shape index (κ1) is 19.1. The minimum Gasteiger partial charge on any atom is -0.482 e. The van der Waals surface area contributed by atoms with Crippen molar-refractivity contribution < 1.29 is 23.8 Å². The van der Waals surface area contributed by atoms with Crippen LogP contribution in [0.4, 0.5) is 0 Å². The number of amides is 2. The van der Waals surface area contributed by atoms with E-state index in [0.29, 0.717) is 32.9 Å². The molecule has 0 fully saturated rings. The molecule has 0 spiro atoms. The van der Waals surface area contributed by atoms with E-state index in [1.54, 1.807) is 30.3 Å². The molecule has 0 aromatic heterocycles. The predicted octanol–water partition coefficient (Wildman–Crippen LogP) is 2.65. The summed E-state index contributed by atoms with van der Waals surface area (Å²) in [7, 11) is 0. The highest BCUT2D eigenvalue weighted by molar-refractivity contribution is 6.35. The molecule has 0 saturated heterocycles. The lowest BCUT2D eigenvalue weighted by molar-refractivity contribution is -0.123. The minimum atomic E-state index is -0.335. The van der Waals surface area contributed by atoms with Gasteiger partial charge in [-0.25, -0.2) is 0 Å². The van der Waals surface area contributed by atoms with E-state index in [9.17, 15) is 9.59 Å². The third-order valence-corrected chi connectivity index (χ3v) is 4.15. The van der Waals surface area contributed by atoms with Gasteiger partial charge in [-0.1, -0.05) is 23.2 Å². The summed E-state index contributed by atoms with van der Waals surface area (Å²) in [5.41, 5.74) is 0.450. The maximum Gasteiger partial charge on any atom is 0.258 e. The molecule has 1 aliphatic rings. The van der Waals surface area contributed by atoms with Crippen molar-refractivity contribution in [3.05, 3.63) is 52.0 Å². The van der Waals surface area contributed by atoms with Crippen molar-refractivity contribution in [3.8, 4) is 17.2 Å². The molecule has 9 heteroatoms. The molecule has 0 atom stereocenters. The fourth-order valence-electron chi connectivity index (χ4n) is 2.30. The van der Waals surface area contributed by atoms with Gasteiger partial charge in [0.05, 0.1) is 5.02 Å². The summed E-state index contributed by atoms with van der Waals surface area (Å²) < 4.78 is 15.8. The zero-order chi connectivity index (χ0) is 19.2. The van der Waals surface area contributed by atoms with Crippen molar-refractivity contribution in [2.24, 2.45) is 0 Å². The Morgan fingerprint density at radius 2 is 1.78 bits per heavy atom. The third-order valence-electron chi connectivity index (χ3n) is 3.62. The summed E-state index contributed by atoms with van der Waals surface area (Å²) in [6.45, 7) is 0.473. The molecule has 2 aromatic carbocycles. The molecule has 142 valence electrons. The number of carbonyl (C=O) groups is 2. The van der Waals surface area contributed by atoms with Gasteiger partial charge in [0.1, 0.15) is 5.75 Å². The Labute approximate surface area is 165 Å². The number of carbonyl (C=O) groups excluding carboxylic acids is 2. The SMILES string of the molecule is O=C(COc1ccc(Cl)cc1Cl)NCCNC(=O)c1ccc2c(c1)OCO2. The highest BCUT2D eigenvalue weighted by Crippen LogP contribution is 2.32. The molecule has 27 heavy (non-hydrogen) atoms. The molecule has 0 bridgehead atoms. The zero-order valence-corrected chi connectivity index (χ0v) is 15.6. The van der Waals surface area contributed by atoms with Crippen LogP contribution in [0.1, 0.15) is 10.4 Å². The van der Waals surface area contributed by atoms with Crippen LogP contribution in [0, 0.1) is 0 Å². The van der Waals surface area contributed by atoms with Crippen molar-refractivity contribution in [1.82, 2.24) is 10.6 Å². The van der Waals surface area contributed by atoms with Crippen molar-refractivity contribution in [2.75, 3.05) is 26.5 Å². The number of rotatable bonds is 7. The maximum atomic E-state index is 12.1. The molecule has 1 heterocycles. The minimum absolute atomic E-state index is 0.149. The number of fused-ring (bicyclic) bond motifs is 1. The Bertz CT molecular complexity index is 860. The Hall–Kier alpha value is -2.64. The lowest BCUT2D eigenvalue weighted by Gasteiger charge is -2.10. The Morgan fingerprint density at radius 3 is 2.59 bits per heavy atom. The Kier molecular flexibility index (Phi) is 6.26. The number of hydrogen-bond acceptors (Lipinski definition) is 5. The van der Waals surface area contributed by atoms with E-state index in [4.69, 9.17) is 37.4 Å². The van der Waals surface area contributed by atoms with E-state index in [-0.39, 0.29) is 38.3 Å². The monoisotopic (exact) mass is 410 g/mol. The second-order valence-corrected chi connectivity index (χ2v) is 6.38. The summed E-state index contributed by atoms with van der Waals surface area (Å²) in [4.78, 5) is 23.9. The van der Waals surface area contributed by atoms with Gasteiger partial charge in [-0.3, -0.25) is 9.59 Å². The van der Waals surface area contributed by atoms with Gasteiger partial charge in [-0.15, -0.1) is 0 Å². The first-order valence-corrected chi connectivity index (χ1v) is 8.81. The van der Waals surface area contributed by atoms with Gasteiger partial charge in [0.25, 0.3) is 11.8 Å². The molecular weight excluding hydrogens is 395 g/mol. The number of ether oxygens (including phenoxy) is 3. The average molecular weight is 411 g/mol. The van der Waals surface area contributed by atoms with Crippen LogP contribution in [-0.4, -0.2) is 38.3 Å². The first-order valence-electron chi connectivity index (χ1n) is 8.05. The van der Waals surface area contributed by atoms with Crippen molar-refractivity contribution in [2.45, 2.75) is 0 Å². The van der Waals surface area contributed by atoms with Crippen molar-refractivity contribution in [3.63, 3.8) is 0 Å². The number of benzene rings is 2. The lowest BCUT2D eigenvalue weighted by Crippen LogP contribution is -2.36. The average Bonchev–Trinajstić information content (AvgIpc) is 3.12. The van der Waals surface area contributed by atoms with Crippen molar-refractivity contribution >= 4 is 35.0 Å². The molecular formula is C18H16Cl2N2O5. The van der Waals surface area contributed by atoms with E-state index in [1.165, 1.54) is 6.07 Å². The molecule has 2 aromatic rings. The summed E-state index contributed by atoms with van der Waals surface area (Å²) >= 11 is 11.8. The molecule has 3 rings (SSSR count). The first-order chi connectivity index (χ1) is 13.0. The molecule has 2 N–H and O–H groups in total. The summed E-state index contributed by atoms with van der Waals surface area (Å²) in [5, 5.41) is 6.15. The fraction of sp³-hybridized carbons (Fsp3) is 0.222. The summed E-state index contributed by atoms with van der Waals surface area (Å²) in [6, 6.07) is 9.67. The predicted molar refractivity (Wildman–Crippen MR) is 99.9 cm³/mol. The van der Waals surface area contributed by atoms with E-state index < -0.39 is 0 Å². The molecule has 0 unspecified atom stereocenters. The number of nitrogens with one attached hydrogen (secondary N) is 2. The highest BCUT2D eigenvalue weighted by atomic mass is 35.5. The summed E-state index contributed by atoms with van der Waals surface area (Å²) in [6.07, 6.45) is 0. The van der Waals surface area contributed by atoms with Gasteiger partial charge in [0.15, 0.2) is 18.1 Å². The molecule has 0 radical (unpaired) electrons. The highest BCUT2D eigenvalue weighted by Gasteiger charge is 2.16. The van der Waals surface area contributed by atoms with Gasteiger partial charge in [0.2, 0.25) is 6.79 Å². The van der Waals surface area contributed by atoms with Crippen molar-refractivity contribution in [1.29, 1.82) is 0 Å². The van der Waals surface area contributed by atoms with Gasteiger partial charge >= 0.3 is 0 Å². The van der Waals surface area contributed by atoms with E-state index in [2.05, 4.69) is 10.6 Å². The van der Waals surface area contributed by atoms with Crippen LogP contribution >= 0.6 is 23.2 Å². The van der Waals surface area contributed by atoms with Crippen LogP contribution in [0.3, 0.4) is 0 Å². The van der Waals surface area contributed by atoms with Gasteiger partial charge < -0.3 is 24.8 Å². The Balaban J connectivity index is 1.37. The van der Waals surface area contributed by atoms with Crippen LogP contribution in [0.5, 0.6) is 17.2 Å². The molecule has 1 aliphatic heterocycles. The standard InChI is InChI=1S/C18H16Cl2N2O5/c19-12-2-4-14(13(20)8-12)25-9-17(23)21-5-6-22-18(24)11-1-3-15-16(7-11)27-10-26-15/h1-4,7-8H,5-6,9-10H2,(H,21,23)(H,22,24). The molecule has 0 saturated carbocycles. The fourth-order valence-corrected chi connectivity index (χ4v) is 2.77. The largest absolute Gasteiger partial charge is 0.482 e. The van der Waals surface area contributed by atoms with Gasteiger partial charge in [0, 0.05) is 23.7 Å². The molecule has 0 aliphatic carbocycles. The second kappa shape index (κ2) is 8.83. The smallest absolute Gasteiger partial charge is 0.258 e.